The largest absolute Gasteiger partial charge is 0.459 e. The molecule has 0 aliphatic rings. The molecule has 0 saturated carbocycles. The van der Waals surface area contributed by atoms with Crippen LogP contribution in [0.4, 0.5) is 5.69 Å². The number of nitro benzene ring substituents is 1. The van der Waals surface area contributed by atoms with Crippen LogP contribution in [0.5, 0.6) is 0 Å². The van der Waals surface area contributed by atoms with Gasteiger partial charge in [-0.05, 0) is 47.1 Å². The van der Waals surface area contributed by atoms with Gasteiger partial charge in [-0.1, -0.05) is 18.2 Å². The highest BCUT2D eigenvalue weighted by Crippen LogP contribution is 2.27. The van der Waals surface area contributed by atoms with Crippen molar-refractivity contribution in [3.63, 3.8) is 0 Å². The fourth-order valence-corrected chi connectivity index (χ4v) is 2.75. The van der Waals surface area contributed by atoms with Crippen LogP contribution in [-0.4, -0.2) is 10.8 Å². The van der Waals surface area contributed by atoms with E-state index < -0.39 is 10.8 Å². The summed E-state index contributed by atoms with van der Waals surface area (Å²) in [7, 11) is 0. The first-order valence-electron chi connectivity index (χ1n) is 7.19. The summed E-state index contributed by atoms with van der Waals surface area (Å²) in [6.45, 7) is 1.79. The van der Waals surface area contributed by atoms with E-state index in [4.69, 9.17) is 4.42 Å². The normalized spacial score (nSPS) is 12.1. The first kappa shape index (κ1) is 16.2. The van der Waals surface area contributed by atoms with Crippen LogP contribution in [0.25, 0.3) is 11.0 Å². The molecule has 1 aromatic heterocycles. The number of carbonyl (C=O) groups excluding carboxylic acids is 1. The van der Waals surface area contributed by atoms with Gasteiger partial charge >= 0.3 is 0 Å². The van der Waals surface area contributed by atoms with Crippen LogP contribution >= 0.6 is 15.9 Å². The van der Waals surface area contributed by atoms with E-state index >= 15 is 0 Å². The number of furan rings is 1. The Labute approximate surface area is 145 Å². The molecule has 1 N–H and O–H groups in total. The smallest absolute Gasteiger partial charge is 0.284 e. The summed E-state index contributed by atoms with van der Waals surface area (Å²) in [4.78, 5) is 22.8. The summed E-state index contributed by atoms with van der Waals surface area (Å²) < 4.78 is 6.05. The molecule has 0 radical (unpaired) electrons. The minimum atomic E-state index is -0.538. The predicted molar refractivity (Wildman–Crippen MR) is 92.9 cm³/mol. The molecular formula is C17H13BrN2O4. The summed E-state index contributed by atoms with van der Waals surface area (Å²) in [5.41, 5.74) is 0.805. The van der Waals surface area contributed by atoms with E-state index in [1.807, 2.05) is 30.3 Å². The van der Waals surface area contributed by atoms with E-state index in [9.17, 15) is 14.9 Å². The van der Waals surface area contributed by atoms with E-state index in [1.165, 1.54) is 18.2 Å². The highest BCUT2D eigenvalue weighted by molar-refractivity contribution is 9.10. The molecule has 0 spiro atoms. The Hall–Kier alpha value is -2.67. The minimum absolute atomic E-state index is 0.154. The summed E-state index contributed by atoms with van der Waals surface area (Å²) in [6.07, 6.45) is 0. The highest BCUT2D eigenvalue weighted by Gasteiger charge is 2.19. The summed E-state index contributed by atoms with van der Waals surface area (Å²) >= 11 is 3.10. The Bertz CT molecular complexity index is 902. The standard InChI is InChI=1S/C17H13BrN2O4/c1-10(16-9-11-4-2-3-5-15(11)24-16)19-17(21)12-6-7-13(18)14(8-12)20(22)23/h2-10H,1H3,(H,19,21). The lowest BCUT2D eigenvalue weighted by molar-refractivity contribution is -0.385. The summed E-state index contributed by atoms with van der Waals surface area (Å²) in [6, 6.07) is 13.3. The molecule has 122 valence electrons. The van der Waals surface area contributed by atoms with E-state index in [0.717, 1.165) is 11.0 Å². The van der Waals surface area contributed by atoms with Crippen molar-refractivity contribution >= 4 is 38.5 Å². The molecule has 3 rings (SSSR count). The van der Waals surface area contributed by atoms with Crippen molar-refractivity contribution in [1.82, 2.24) is 5.32 Å². The van der Waals surface area contributed by atoms with Crippen LogP contribution in [-0.2, 0) is 0 Å². The van der Waals surface area contributed by atoms with Crippen molar-refractivity contribution in [1.29, 1.82) is 0 Å². The topological polar surface area (TPSA) is 85.4 Å². The number of amides is 1. The maximum Gasteiger partial charge on any atom is 0.284 e. The average Bonchev–Trinajstić information content (AvgIpc) is 2.99. The number of nitrogens with zero attached hydrogens (tertiary/aromatic N) is 1. The molecule has 0 fully saturated rings. The number of fused-ring (bicyclic) bond motifs is 1. The predicted octanol–water partition coefficient (Wildman–Crippen LogP) is 4.59. The molecule has 7 heteroatoms. The molecule has 0 bridgehead atoms. The van der Waals surface area contributed by atoms with Crippen LogP contribution in [0.2, 0.25) is 0 Å². The molecular weight excluding hydrogens is 376 g/mol. The van der Waals surface area contributed by atoms with Crippen molar-refractivity contribution in [2.75, 3.05) is 0 Å². The van der Waals surface area contributed by atoms with Crippen molar-refractivity contribution in [3.8, 4) is 0 Å². The van der Waals surface area contributed by atoms with E-state index in [2.05, 4.69) is 21.2 Å². The zero-order chi connectivity index (χ0) is 17.3. The highest BCUT2D eigenvalue weighted by atomic mass is 79.9. The first-order valence-corrected chi connectivity index (χ1v) is 7.98. The third kappa shape index (κ3) is 3.16. The Kier molecular flexibility index (Phi) is 4.35. The lowest BCUT2D eigenvalue weighted by Crippen LogP contribution is -2.26. The Morgan fingerprint density at radius 3 is 2.71 bits per heavy atom. The molecule has 0 saturated heterocycles. The molecule has 0 aliphatic carbocycles. The third-order valence-corrected chi connectivity index (χ3v) is 4.29. The van der Waals surface area contributed by atoms with Crippen LogP contribution in [0, 0.1) is 10.1 Å². The number of nitro groups is 1. The Balaban J connectivity index is 1.81. The summed E-state index contributed by atoms with van der Waals surface area (Å²) in [5, 5.41) is 14.7. The minimum Gasteiger partial charge on any atom is -0.459 e. The van der Waals surface area contributed by atoms with Gasteiger partial charge in [-0.15, -0.1) is 0 Å². The van der Waals surface area contributed by atoms with Crippen LogP contribution in [0.3, 0.4) is 0 Å². The molecule has 0 aliphatic heterocycles. The number of para-hydroxylation sites is 1. The van der Waals surface area contributed by atoms with Gasteiger partial charge in [0.05, 0.1) is 15.4 Å². The summed E-state index contributed by atoms with van der Waals surface area (Å²) in [5.74, 6) is 0.217. The first-order chi connectivity index (χ1) is 11.5. The maximum absolute atomic E-state index is 12.3. The van der Waals surface area contributed by atoms with Gasteiger partial charge in [0.2, 0.25) is 0 Å². The quantitative estimate of drug-likeness (QED) is 0.522. The van der Waals surface area contributed by atoms with Crippen molar-refractivity contribution < 1.29 is 14.1 Å². The van der Waals surface area contributed by atoms with Crippen molar-refractivity contribution in [3.05, 3.63) is 74.4 Å². The second-order valence-electron chi connectivity index (χ2n) is 5.31. The van der Waals surface area contributed by atoms with E-state index in [1.54, 1.807) is 6.92 Å². The van der Waals surface area contributed by atoms with Gasteiger partial charge in [-0.3, -0.25) is 14.9 Å². The molecule has 1 heterocycles. The van der Waals surface area contributed by atoms with E-state index in [-0.39, 0.29) is 17.3 Å². The van der Waals surface area contributed by atoms with E-state index in [0.29, 0.717) is 10.2 Å². The molecule has 1 atom stereocenters. The van der Waals surface area contributed by atoms with Crippen LogP contribution in [0.15, 0.2) is 57.4 Å². The fraction of sp³-hybridized carbons (Fsp3) is 0.118. The Morgan fingerprint density at radius 1 is 1.25 bits per heavy atom. The van der Waals surface area contributed by atoms with Gasteiger partial charge in [0.15, 0.2) is 0 Å². The fourth-order valence-electron chi connectivity index (χ4n) is 2.36. The van der Waals surface area contributed by atoms with Gasteiger partial charge < -0.3 is 9.73 Å². The van der Waals surface area contributed by atoms with Crippen LogP contribution in [0.1, 0.15) is 29.1 Å². The van der Waals surface area contributed by atoms with Gasteiger partial charge in [-0.2, -0.15) is 0 Å². The van der Waals surface area contributed by atoms with Gasteiger partial charge in [0.25, 0.3) is 11.6 Å². The number of rotatable bonds is 4. The van der Waals surface area contributed by atoms with Gasteiger partial charge in [-0.25, -0.2) is 0 Å². The molecule has 3 aromatic rings. The second kappa shape index (κ2) is 6.45. The molecule has 6 nitrogen and oxygen atoms in total. The number of benzene rings is 2. The number of hydrogen-bond donors (Lipinski definition) is 1. The monoisotopic (exact) mass is 388 g/mol. The lowest BCUT2D eigenvalue weighted by atomic mass is 10.1. The zero-order valence-corrected chi connectivity index (χ0v) is 14.2. The second-order valence-corrected chi connectivity index (χ2v) is 6.16. The number of nitrogens with one attached hydrogen (secondary N) is 1. The molecule has 1 unspecified atom stereocenters. The number of halogens is 1. The SMILES string of the molecule is CC(NC(=O)c1ccc(Br)c([N+](=O)[O-])c1)c1cc2ccccc2o1. The number of hydrogen-bond acceptors (Lipinski definition) is 4. The zero-order valence-electron chi connectivity index (χ0n) is 12.7. The van der Waals surface area contributed by atoms with Gasteiger partial charge in [0.1, 0.15) is 11.3 Å². The molecule has 24 heavy (non-hydrogen) atoms. The van der Waals surface area contributed by atoms with Crippen LogP contribution < -0.4 is 5.32 Å². The molecule has 1 amide bonds. The Morgan fingerprint density at radius 2 is 2.00 bits per heavy atom. The third-order valence-electron chi connectivity index (χ3n) is 3.62. The van der Waals surface area contributed by atoms with Crippen molar-refractivity contribution in [2.45, 2.75) is 13.0 Å². The number of carbonyl (C=O) groups is 1. The average molecular weight is 389 g/mol. The van der Waals surface area contributed by atoms with Crippen molar-refractivity contribution in [2.24, 2.45) is 0 Å². The lowest BCUT2D eigenvalue weighted by Gasteiger charge is -2.11. The van der Waals surface area contributed by atoms with Gasteiger partial charge in [0, 0.05) is 17.0 Å². The molecule has 2 aromatic carbocycles. The maximum atomic E-state index is 12.3.